The zero-order valence-corrected chi connectivity index (χ0v) is 12.7. The van der Waals surface area contributed by atoms with Gasteiger partial charge in [-0.2, -0.15) is 0 Å². The van der Waals surface area contributed by atoms with E-state index in [4.69, 9.17) is 14.3 Å². The Kier molecular flexibility index (Phi) is 4.85. The van der Waals surface area contributed by atoms with Crippen LogP contribution in [0.5, 0.6) is 5.75 Å². The summed E-state index contributed by atoms with van der Waals surface area (Å²) in [5, 5.41) is 3.93. The molecule has 7 heteroatoms. The number of rotatable bonds is 7. The van der Waals surface area contributed by atoms with Gasteiger partial charge in [0.1, 0.15) is 5.75 Å². The van der Waals surface area contributed by atoms with Gasteiger partial charge in [0.15, 0.2) is 0 Å². The van der Waals surface area contributed by atoms with Crippen molar-refractivity contribution in [2.45, 2.75) is 13.3 Å². The molecule has 0 aliphatic rings. The van der Waals surface area contributed by atoms with Crippen molar-refractivity contribution in [3.05, 3.63) is 42.1 Å². The smallest absolute Gasteiger partial charge is 0.404 e. The summed E-state index contributed by atoms with van der Waals surface area (Å²) >= 11 is 0. The molecule has 2 rings (SSSR count). The Labute approximate surface area is 123 Å². The number of benzene rings is 1. The van der Waals surface area contributed by atoms with Gasteiger partial charge in [-0.25, -0.2) is 4.57 Å². The largest absolute Gasteiger partial charge is 0.524 e. The van der Waals surface area contributed by atoms with Crippen LogP contribution in [0.2, 0.25) is 0 Å². The molecule has 6 nitrogen and oxygen atoms in total. The Balaban J connectivity index is 2.37. The normalized spacial score (nSPS) is 11.8. The first-order valence-electron chi connectivity index (χ1n) is 6.59. The van der Waals surface area contributed by atoms with Crippen molar-refractivity contribution in [3.8, 4) is 5.75 Å². The van der Waals surface area contributed by atoms with E-state index in [9.17, 15) is 4.57 Å². The number of hydrogen-bond donors (Lipinski definition) is 4. The van der Waals surface area contributed by atoms with E-state index in [1.54, 1.807) is 18.2 Å². The zero-order valence-electron chi connectivity index (χ0n) is 11.8. The molecule has 0 radical (unpaired) electrons. The Morgan fingerprint density at radius 3 is 2.90 bits per heavy atom. The molecule has 1 aromatic heterocycles. The monoisotopic (exact) mass is 310 g/mol. The summed E-state index contributed by atoms with van der Waals surface area (Å²) in [7, 11) is -4.58. The highest BCUT2D eigenvalue weighted by atomic mass is 31.2. The molecule has 0 aliphatic carbocycles. The van der Waals surface area contributed by atoms with E-state index in [-0.39, 0.29) is 5.75 Å². The fourth-order valence-electron chi connectivity index (χ4n) is 2.35. The number of H-pyrrole nitrogens is 1. The van der Waals surface area contributed by atoms with Crippen LogP contribution in [0.25, 0.3) is 10.9 Å². The first-order chi connectivity index (χ1) is 9.92. The average molecular weight is 310 g/mol. The van der Waals surface area contributed by atoms with E-state index in [2.05, 4.69) is 16.9 Å². The molecule has 0 amide bonds. The number of fused-ring (bicyclic) bond motifs is 1. The Morgan fingerprint density at radius 1 is 1.48 bits per heavy atom. The van der Waals surface area contributed by atoms with Crippen molar-refractivity contribution < 1.29 is 18.9 Å². The van der Waals surface area contributed by atoms with Crippen LogP contribution in [-0.2, 0) is 11.0 Å². The Bertz CT molecular complexity index is 690. The fourth-order valence-corrected chi connectivity index (χ4v) is 2.75. The lowest BCUT2D eigenvalue weighted by Crippen LogP contribution is -2.17. The molecule has 0 bridgehead atoms. The van der Waals surface area contributed by atoms with Gasteiger partial charge in [0.2, 0.25) is 0 Å². The summed E-state index contributed by atoms with van der Waals surface area (Å²) in [6, 6.07) is 5.12. The van der Waals surface area contributed by atoms with Gasteiger partial charge in [0, 0.05) is 23.1 Å². The molecule has 0 aliphatic heterocycles. The molecule has 0 unspecified atom stereocenters. The summed E-state index contributed by atoms with van der Waals surface area (Å²) in [6.45, 7) is 7.03. The highest BCUT2D eigenvalue weighted by Gasteiger charge is 2.20. The summed E-state index contributed by atoms with van der Waals surface area (Å²) in [5.41, 5.74) is 2.76. The number of aromatic amines is 1. The Hall–Kier alpha value is -1.59. The third kappa shape index (κ3) is 3.95. The van der Waals surface area contributed by atoms with E-state index in [0.717, 1.165) is 35.1 Å². The maximum atomic E-state index is 11.1. The first-order valence-corrected chi connectivity index (χ1v) is 8.12. The van der Waals surface area contributed by atoms with Crippen molar-refractivity contribution in [2.75, 3.05) is 13.1 Å². The molecule has 21 heavy (non-hydrogen) atoms. The van der Waals surface area contributed by atoms with Crippen LogP contribution < -0.4 is 9.84 Å². The van der Waals surface area contributed by atoms with Gasteiger partial charge in [0.05, 0.1) is 0 Å². The predicted molar refractivity (Wildman–Crippen MR) is 82.5 cm³/mol. The van der Waals surface area contributed by atoms with Crippen LogP contribution >= 0.6 is 7.82 Å². The lowest BCUT2D eigenvalue weighted by atomic mass is 10.1. The van der Waals surface area contributed by atoms with Crippen molar-refractivity contribution in [1.29, 1.82) is 0 Å². The van der Waals surface area contributed by atoms with E-state index < -0.39 is 7.82 Å². The van der Waals surface area contributed by atoms with Gasteiger partial charge in [-0.1, -0.05) is 12.1 Å². The summed E-state index contributed by atoms with van der Waals surface area (Å²) in [4.78, 5) is 21.3. The number of nitrogens with one attached hydrogen (secondary N) is 2. The number of phosphoric ester groups is 1. The predicted octanol–water partition coefficient (Wildman–Crippen LogP) is 2.27. The van der Waals surface area contributed by atoms with Gasteiger partial charge in [-0.15, -0.1) is 6.58 Å². The average Bonchev–Trinajstić information content (AvgIpc) is 2.70. The van der Waals surface area contributed by atoms with Crippen LogP contribution in [-0.4, -0.2) is 27.9 Å². The van der Waals surface area contributed by atoms with E-state index in [0.29, 0.717) is 6.54 Å². The van der Waals surface area contributed by atoms with Crippen molar-refractivity contribution in [2.24, 2.45) is 0 Å². The van der Waals surface area contributed by atoms with Gasteiger partial charge >= 0.3 is 7.82 Å². The van der Waals surface area contributed by atoms with Crippen LogP contribution in [0.1, 0.15) is 11.3 Å². The molecule has 1 heterocycles. The molecular weight excluding hydrogens is 291 g/mol. The number of hydrogen-bond acceptors (Lipinski definition) is 3. The third-order valence-corrected chi connectivity index (χ3v) is 3.60. The lowest BCUT2D eigenvalue weighted by molar-refractivity contribution is 0.284. The quantitative estimate of drug-likeness (QED) is 0.357. The van der Waals surface area contributed by atoms with Gasteiger partial charge in [-0.3, -0.25) is 9.79 Å². The molecule has 0 fully saturated rings. The summed E-state index contributed by atoms with van der Waals surface area (Å²) in [6.07, 6.45) is 2.51. The number of phosphoric acid groups is 1. The van der Waals surface area contributed by atoms with Gasteiger partial charge < -0.3 is 14.8 Å². The fraction of sp³-hybridized carbons (Fsp3) is 0.286. The molecule has 0 atom stereocenters. The minimum atomic E-state index is -4.58. The number of aryl methyl sites for hydroxylation is 1. The number of aromatic nitrogens is 1. The lowest BCUT2D eigenvalue weighted by Gasteiger charge is -2.10. The van der Waals surface area contributed by atoms with Crippen LogP contribution in [0, 0.1) is 6.92 Å². The van der Waals surface area contributed by atoms with Crippen molar-refractivity contribution >= 4 is 18.7 Å². The van der Waals surface area contributed by atoms with Crippen LogP contribution in [0.3, 0.4) is 0 Å². The van der Waals surface area contributed by atoms with Gasteiger partial charge in [0.25, 0.3) is 0 Å². The molecule has 4 N–H and O–H groups in total. The maximum Gasteiger partial charge on any atom is 0.524 e. The molecular formula is C14H19N2O4P. The molecule has 1 aromatic carbocycles. The van der Waals surface area contributed by atoms with Crippen molar-refractivity contribution in [3.63, 3.8) is 0 Å². The summed E-state index contributed by atoms with van der Waals surface area (Å²) < 4.78 is 15.9. The van der Waals surface area contributed by atoms with Crippen LogP contribution in [0.4, 0.5) is 0 Å². The van der Waals surface area contributed by atoms with Crippen molar-refractivity contribution in [1.82, 2.24) is 10.3 Å². The van der Waals surface area contributed by atoms with Gasteiger partial charge in [-0.05, 0) is 37.6 Å². The zero-order chi connectivity index (χ0) is 15.5. The molecule has 0 spiro atoms. The molecule has 2 aromatic rings. The standard InChI is InChI=1S/C14H19N2O4P/c1-3-8-15-9-7-11-10(2)16-12-5-4-6-13(14(11)12)20-21(17,18)19/h3-6,15-16H,1,7-9H2,2H3,(H2,17,18,19). The minimum absolute atomic E-state index is 0.198. The maximum absolute atomic E-state index is 11.1. The second-order valence-electron chi connectivity index (χ2n) is 4.73. The second-order valence-corrected chi connectivity index (χ2v) is 5.90. The highest BCUT2D eigenvalue weighted by molar-refractivity contribution is 7.46. The molecule has 0 saturated heterocycles. The molecule has 0 saturated carbocycles. The Morgan fingerprint density at radius 2 is 2.24 bits per heavy atom. The minimum Gasteiger partial charge on any atom is -0.404 e. The SMILES string of the molecule is C=CCNCCc1c(C)[nH]c2cccc(OP(=O)(O)O)c12. The summed E-state index contributed by atoms with van der Waals surface area (Å²) in [5.74, 6) is 0.198. The van der Waals surface area contributed by atoms with E-state index >= 15 is 0 Å². The van der Waals surface area contributed by atoms with E-state index in [1.807, 2.05) is 13.0 Å². The third-order valence-electron chi connectivity index (χ3n) is 3.16. The van der Waals surface area contributed by atoms with Crippen LogP contribution in [0.15, 0.2) is 30.9 Å². The first kappa shape index (κ1) is 15.8. The van der Waals surface area contributed by atoms with E-state index in [1.165, 1.54) is 0 Å². The topological polar surface area (TPSA) is 94.6 Å². The highest BCUT2D eigenvalue weighted by Crippen LogP contribution is 2.42. The molecule has 114 valence electrons. The second kappa shape index (κ2) is 6.45.